The van der Waals surface area contributed by atoms with Crippen LogP contribution in [0, 0.1) is 0 Å². The van der Waals surface area contributed by atoms with Gasteiger partial charge < -0.3 is 11.5 Å². The summed E-state index contributed by atoms with van der Waals surface area (Å²) in [6.07, 6.45) is 2.20. The number of hydrogen-bond acceptors (Lipinski definition) is 2. The number of nitrogen functional groups attached to an aromatic ring is 2. The second-order valence-electron chi connectivity index (χ2n) is 5.58. The van der Waals surface area contributed by atoms with E-state index in [1.54, 1.807) is 0 Å². The number of benzene rings is 3. The fourth-order valence-corrected chi connectivity index (χ4v) is 3.03. The molecule has 0 fully saturated rings. The topological polar surface area (TPSA) is 52.0 Å². The molecule has 0 saturated carbocycles. The summed E-state index contributed by atoms with van der Waals surface area (Å²) in [5.74, 6) is 0. The zero-order valence-electron chi connectivity index (χ0n) is 12.1. The van der Waals surface area contributed by atoms with Gasteiger partial charge in [-0.3, -0.25) is 0 Å². The number of anilines is 2. The summed E-state index contributed by atoms with van der Waals surface area (Å²) >= 11 is 0. The normalized spacial score (nSPS) is 13.9. The Hall–Kier alpha value is -3.00. The molecule has 3 aromatic rings. The Morgan fingerprint density at radius 3 is 2.00 bits per heavy atom. The van der Waals surface area contributed by atoms with Gasteiger partial charge in [0.15, 0.2) is 0 Å². The predicted octanol–water partition coefficient (Wildman–Crippen LogP) is 4.42. The SMILES string of the molecule is Nc1ccc(C=C2c3ccccc3-c3ccc(N)cc32)cc1. The molecule has 4 N–H and O–H groups in total. The van der Waals surface area contributed by atoms with Crippen LogP contribution in [0.3, 0.4) is 0 Å². The number of rotatable bonds is 1. The average molecular weight is 284 g/mol. The molecule has 0 spiro atoms. The van der Waals surface area contributed by atoms with Gasteiger partial charge in [0, 0.05) is 11.4 Å². The standard InChI is InChI=1S/C20H16N2/c21-14-7-5-13(6-8-14)11-19-17-4-2-1-3-16(17)18-10-9-15(22)12-20(18)19/h1-12H,21-22H2. The van der Waals surface area contributed by atoms with Gasteiger partial charge in [0.2, 0.25) is 0 Å². The summed E-state index contributed by atoms with van der Waals surface area (Å²) in [5.41, 5.74) is 20.6. The molecule has 4 rings (SSSR count). The van der Waals surface area contributed by atoms with Crippen LogP contribution in [0.15, 0.2) is 66.7 Å². The van der Waals surface area contributed by atoms with E-state index in [0.717, 1.165) is 16.9 Å². The van der Waals surface area contributed by atoms with Crippen LogP contribution in [0.2, 0.25) is 0 Å². The van der Waals surface area contributed by atoms with Crippen LogP contribution in [0.1, 0.15) is 16.7 Å². The number of hydrogen-bond donors (Lipinski definition) is 2. The molecule has 0 amide bonds. The van der Waals surface area contributed by atoms with Crippen molar-refractivity contribution >= 4 is 23.0 Å². The predicted molar refractivity (Wildman–Crippen MR) is 94.1 cm³/mol. The second-order valence-corrected chi connectivity index (χ2v) is 5.58. The maximum absolute atomic E-state index is 6.00. The molecule has 0 radical (unpaired) electrons. The average Bonchev–Trinajstić information content (AvgIpc) is 2.83. The van der Waals surface area contributed by atoms with Gasteiger partial charge in [-0.2, -0.15) is 0 Å². The van der Waals surface area contributed by atoms with Crippen molar-refractivity contribution in [1.29, 1.82) is 0 Å². The van der Waals surface area contributed by atoms with Crippen molar-refractivity contribution in [3.63, 3.8) is 0 Å². The molecular weight excluding hydrogens is 268 g/mol. The maximum Gasteiger partial charge on any atom is 0.0320 e. The summed E-state index contributed by atoms with van der Waals surface area (Å²) < 4.78 is 0. The first-order valence-electron chi connectivity index (χ1n) is 7.29. The molecule has 0 aromatic heterocycles. The molecule has 0 aliphatic heterocycles. The first-order valence-corrected chi connectivity index (χ1v) is 7.29. The van der Waals surface area contributed by atoms with Crippen molar-refractivity contribution in [3.05, 3.63) is 83.4 Å². The fraction of sp³-hybridized carbons (Fsp3) is 0. The van der Waals surface area contributed by atoms with E-state index in [4.69, 9.17) is 11.5 Å². The highest BCUT2D eigenvalue weighted by atomic mass is 14.5. The lowest BCUT2D eigenvalue weighted by molar-refractivity contribution is 1.63. The van der Waals surface area contributed by atoms with Gasteiger partial charge in [-0.15, -0.1) is 0 Å². The van der Waals surface area contributed by atoms with Gasteiger partial charge in [0.25, 0.3) is 0 Å². The van der Waals surface area contributed by atoms with Crippen LogP contribution in [0.4, 0.5) is 11.4 Å². The van der Waals surface area contributed by atoms with E-state index >= 15 is 0 Å². The van der Waals surface area contributed by atoms with Crippen molar-refractivity contribution in [2.24, 2.45) is 0 Å². The highest BCUT2D eigenvalue weighted by Gasteiger charge is 2.22. The molecule has 22 heavy (non-hydrogen) atoms. The van der Waals surface area contributed by atoms with Crippen LogP contribution >= 0.6 is 0 Å². The Kier molecular flexibility index (Phi) is 2.76. The summed E-state index contributed by atoms with van der Waals surface area (Å²) in [6.45, 7) is 0. The second kappa shape index (κ2) is 4.78. The van der Waals surface area contributed by atoms with E-state index in [1.807, 2.05) is 30.3 Å². The molecule has 2 nitrogen and oxygen atoms in total. The smallest absolute Gasteiger partial charge is 0.0320 e. The molecule has 0 bridgehead atoms. The van der Waals surface area contributed by atoms with E-state index in [0.29, 0.717) is 0 Å². The van der Waals surface area contributed by atoms with Crippen molar-refractivity contribution < 1.29 is 0 Å². The minimum Gasteiger partial charge on any atom is -0.399 e. The molecule has 1 aliphatic carbocycles. The van der Waals surface area contributed by atoms with Crippen molar-refractivity contribution in [2.45, 2.75) is 0 Å². The molecule has 0 unspecified atom stereocenters. The molecule has 0 atom stereocenters. The van der Waals surface area contributed by atoms with Gasteiger partial charge in [-0.05, 0) is 63.7 Å². The first-order chi connectivity index (χ1) is 10.7. The van der Waals surface area contributed by atoms with E-state index in [9.17, 15) is 0 Å². The van der Waals surface area contributed by atoms with Crippen LogP contribution in [0.25, 0.3) is 22.8 Å². The van der Waals surface area contributed by atoms with E-state index < -0.39 is 0 Å². The van der Waals surface area contributed by atoms with Gasteiger partial charge in [-0.25, -0.2) is 0 Å². The third kappa shape index (κ3) is 1.97. The van der Waals surface area contributed by atoms with Crippen molar-refractivity contribution in [3.8, 4) is 11.1 Å². The van der Waals surface area contributed by atoms with E-state index in [2.05, 4.69) is 42.5 Å². The molecule has 0 saturated heterocycles. The first kappa shape index (κ1) is 12.7. The van der Waals surface area contributed by atoms with E-state index in [-0.39, 0.29) is 0 Å². The maximum atomic E-state index is 6.00. The largest absolute Gasteiger partial charge is 0.399 e. The molecule has 3 aromatic carbocycles. The quantitative estimate of drug-likeness (QED) is 0.508. The zero-order chi connectivity index (χ0) is 15.1. The molecular formula is C20H16N2. The molecule has 0 heterocycles. The van der Waals surface area contributed by atoms with Crippen LogP contribution in [-0.2, 0) is 0 Å². The lowest BCUT2D eigenvalue weighted by Gasteiger charge is -2.04. The summed E-state index contributed by atoms with van der Waals surface area (Å²) in [6, 6.07) is 22.5. The van der Waals surface area contributed by atoms with Gasteiger partial charge in [0.05, 0.1) is 0 Å². The van der Waals surface area contributed by atoms with E-state index in [1.165, 1.54) is 27.8 Å². The van der Waals surface area contributed by atoms with Crippen molar-refractivity contribution in [1.82, 2.24) is 0 Å². The Labute approximate surface area is 129 Å². The Morgan fingerprint density at radius 2 is 1.23 bits per heavy atom. The Balaban J connectivity index is 1.96. The van der Waals surface area contributed by atoms with Crippen molar-refractivity contribution in [2.75, 3.05) is 11.5 Å². The van der Waals surface area contributed by atoms with Crippen LogP contribution in [0.5, 0.6) is 0 Å². The van der Waals surface area contributed by atoms with Crippen LogP contribution < -0.4 is 11.5 Å². The molecule has 106 valence electrons. The third-order valence-corrected chi connectivity index (χ3v) is 4.09. The summed E-state index contributed by atoms with van der Waals surface area (Å²) in [7, 11) is 0. The fourth-order valence-electron chi connectivity index (χ4n) is 3.03. The minimum atomic E-state index is 0.776. The molecule has 1 aliphatic rings. The summed E-state index contributed by atoms with van der Waals surface area (Å²) in [5, 5.41) is 0. The highest BCUT2D eigenvalue weighted by molar-refractivity contribution is 6.07. The minimum absolute atomic E-state index is 0.776. The zero-order valence-corrected chi connectivity index (χ0v) is 12.1. The molecule has 2 heteroatoms. The van der Waals surface area contributed by atoms with Gasteiger partial charge in [0.1, 0.15) is 0 Å². The van der Waals surface area contributed by atoms with Crippen LogP contribution in [-0.4, -0.2) is 0 Å². The lowest BCUT2D eigenvalue weighted by atomic mass is 10.0. The third-order valence-electron chi connectivity index (χ3n) is 4.09. The lowest BCUT2D eigenvalue weighted by Crippen LogP contribution is -1.88. The van der Waals surface area contributed by atoms with Gasteiger partial charge >= 0.3 is 0 Å². The summed E-state index contributed by atoms with van der Waals surface area (Å²) in [4.78, 5) is 0. The Morgan fingerprint density at radius 1 is 0.591 bits per heavy atom. The number of fused-ring (bicyclic) bond motifs is 3. The van der Waals surface area contributed by atoms with Gasteiger partial charge in [-0.1, -0.05) is 42.5 Å². The Bertz CT molecular complexity index is 890. The highest BCUT2D eigenvalue weighted by Crippen LogP contribution is 2.45. The number of nitrogens with two attached hydrogens (primary N) is 2. The monoisotopic (exact) mass is 284 g/mol.